The van der Waals surface area contributed by atoms with Gasteiger partial charge in [-0.1, -0.05) is 6.92 Å². The highest BCUT2D eigenvalue weighted by Crippen LogP contribution is 2.21. The van der Waals surface area contributed by atoms with Crippen LogP contribution >= 0.6 is 0 Å². The van der Waals surface area contributed by atoms with Gasteiger partial charge in [0, 0.05) is 6.61 Å². The Morgan fingerprint density at radius 3 is 2.46 bits per heavy atom. The minimum atomic E-state index is -1.07. The number of ether oxygens (including phenoxy) is 2. The second-order valence-electron chi connectivity index (χ2n) is 3.08. The van der Waals surface area contributed by atoms with Crippen LogP contribution in [0, 0.1) is 0 Å². The molecule has 0 unspecified atom stereocenters. The predicted octanol–water partition coefficient (Wildman–Crippen LogP) is -1.15. The van der Waals surface area contributed by atoms with E-state index in [1.807, 2.05) is 6.92 Å². The molecule has 5 heteroatoms. The molecule has 1 heterocycles. The summed E-state index contributed by atoms with van der Waals surface area (Å²) < 4.78 is 10.2. The quantitative estimate of drug-likeness (QED) is 0.524. The lowest BCUT2D eigenvalue weighted by Crippen LogP contribution is -2.34. The summed E-state index contributed by atoms with van der Waals surface area (Å²) in [4.78, 5) is 0. The molecule has 5 nitrogen and oxygen atoms in total. The first-order valence-electron chi connectivity index (χ1n) is 4.44. The fraction of sp³-hybridized carbons (Fsp3) is 1.00. The van der Waals surface area contributed by atoms with Gasteiger partial charge in [0.2, 0.25) is 0 Å². The molecule has 0 radical (unpaired) electrons. The van der Waals surface area contributed by atoms with Crippen molar-refractivity contribution in [3.63, 3.8) is 0 Å². The molecule has 1 rings (SSSR count). The third-order valence-electron chi connectivity index (χ3n) is 1.98. The van der Waals surface area contributed by atoms with E-state index in [4.69, 9.17) is 14.6 Å². The summed E-state index contributed by atoms with van der Waals surface area (Å²) in [6.07, 6.45) is -2.87. The Morgan fingerprint density at radius 2 is 2.00 bits per heavy atom. The van der Waals surface area contributed by atoms with Gasteiger partial charge in [-0.2, -0.15) is 0 Å². The van der Waals surface area contributed by atoms with Crippen molar-refractivity contribution < 1.29 is 24.8 Å². The van der Waals surface area contributed by atoms with Crippen molar-refractivity contribution >= 4 is 0 Å². The molecule has 0 bridgehead atoms. The Balaban J connectivity index is 2.40. The summed E-state index contributed by atoms with van der Waals surface area (Å²) in [5, 5.41) is 27.4. The van der Waals surface area contributed by atoms with Crippen molar-refractivity contribution in [2.45, 2.75) is 37.9 Å². The Bertz CT molecular complexity index is 151. The molecule has 0 aliphatic carbocycles. The highest BCUT2D eigenvalue weighted by molar-refractivity contribution is 4.85. The fourth-order valence-electron chi connectivity index (χ4n) is 1.24. The molecular weight excluding hydrogens is 176 g/mol. The smallest absolute Gasteiger partial charge is 0.186 e. The third-order valence-corrected chi connectivity index (χ3v) is 1.98. The zero-order valence-corrected chi connectivity index (χ0v) is 7.59. The summed E-state index contributed by atoms with van der Waals surface area (Å²) in [5.41, 5.74) is 0. The van der Waals surface area contributed by atoms with Gasteiger partial charge < -0.3 is 24.8 Å². The number of aliphatic hydroxyl groups excluding tert-OH is 3. The molecule has 78 valence electrons. The number of hydrogen-bond acceptors (Lipinski definition) is 5. The highest BCUT2D eigenvalue weighted by atomic mass is 16.7. The summed E-state index contributed by atoms with van der Waals surface area (Å²) >= 11 is 0. The van der Waals surface area contributed by atoms with Gasteiger partial charge in [-0.25, -0.2) is 0 Å². The van der Waals surface area contributed by atoms with Crippen molar-refractivity contribution in [3.8, 4) is 0 Å². The van der Waals surface area contributed by atoms with E-state index >= 15 is 0 Å². The van der Waals surface area contributed by atoms with Crippen molar-refractivity contribution in [2.24, 2.45) is 0 Å². The van der Waals surface area contributed by atoms with Gasteiger partial charge in [0.1, 0.15) is 18.3 Å². The third kappa shape index (κ3) is 2.38. The van der Waals surface area contributed by atoms with Crippen LogP contribution in [0.4, 0.5) is 0 Å². The molecule has 1 aliphatic heterocycles. The molecule has 1 saturated heterocycles. The van der Waals surface area contributed by atoms with Crippen molar-refractivity contribution in [3.05, 3.63) is 0 Å². The standard InChI is InChI=1S/C8H16O5/c1-2-3-12-8-7(11)6(10)5(4-9)13-8/h5-11H,2-4H2,1H3/t5-,6-,7-,8-/m1/s1. The molecule has 13 heavy (non-hydrogen) atoms. The fourth-order valence-corrected chi connectivity index (χ4v) is 1.24. The van der Waals surface area contributed by atoms with E-state index in [0.717, 1.165) is 6.42 Å². The second kappa shape index (κ2) is 4.88. The predicted molar refractivity (Wildman–Crippen MR) is 44.0 cm³/mol. The Kier molecular flexibility index (Phi) is 4.08. The van der Waals surface area contributed by atoms with Crippen molar-refractivity contribution in [1.82, 2.24) is 0 Å². The van der Waals surface area contributed by atoms with E-state index in [0.29, 0.717) is 6.61 Å². The van der Waals surface area contributed by atoms with Crippen LogP contribution in [0.1, 0.15) is 13.3 Å². The average molecular weight is 192 g/mol. The molecule has 1 fully saturated rings. The molecule has 0 aromatic rings. The van der Waals surface area contributed by atoms with Gasteiger partial charge in [-0.15, -0.1) is 0 Å². The lowest BCUT2D eigenvalue weighted by molar-refractivity contribution is -0.169. The van der Waals surface area contributed by atoms with Crippen LogP contribution in [0.25, 0.3) is 0 Å². The second-order valence-corrected chi connectivity index (χ2v) is 3.08. The van der Waals surface area contributed by atoms with Crippen LogP contribution in [0.3, 0.4) is 0 Å². The Morgan fingerprint density at radius 1 is 1.31 bits per heavy atom. The summed E-state index contributed by atoms with van der Waals surface area (Å²) in [6.45, 7) is 2.08. The monoisotopic (exact) mass is 192 g/mol. The molecular formula is C8H16O5. The van der Waals surface area contributed by atoms with Gasteiger partial charge in [0.05, 0.1) is 6.61 Å². The lowest BCUT2D eigenvalue weighted by atomic mass is 10.1. The van der Waals surface area contributed by atoms with Gasteiger partial charge in [-0.3, -0.25) is 0 Å². The van der Waals surface area contributed by atoms with Gasteiger partial charge in [-0.05, 0) is 6.42 Å². The molecule has 4 atom stereocenters. The number of rotatable bonds is 4. The SMILES string of the molecule is CCCO[C@@H]1O[C@H](CO)[C@@H](O)[C@H]1O. The van der Waals surface area contributed by atoms with E-state index in [-0.39, 0.29) is 6.61 Å². The Labute approximate surface area is 76.9 Å². The maximum atomic E-state index is 9.37. The van der Waals surface area contributed by atoms with Crippen molar-refractivity contribution in [2.75, 3.05) is 13.2 Å². The zero-order chi connectivity index (χ0) is 9.84. The topological polar surface area (TPSA) is 79.2 Å². The van der Waals surface area contributed by atoms with Gasteiger partial charge in [0.15, 0.2) is 6.29 Å². The van der Waals surface area contributed by atoms with Gasteiger partial charge in [0.25, 0.3) is 0 Å². The average Bonchev–Trinajstić information content (AvgIpc) is 2.41. The van der Waals surface area contributed by atoms with E-state index < -0.39 is 24.6 Å². The first-order valence-corrected chi connectivity index (χ1v) is 4.44. The van der Waals surface area contributed by atoms with Crippen LogP contribution in [0.5, 0.6) is 0 Å². The van der Waals surface area contributed by atoms with E-state index in [9.17, 15) is 10.2 Å². The van der Waals surface area contributed by atoms with E-state index in [1.54, 1.807) is 0 Å². The molecule has 3 N–H and O–H groups in total. The largest absolute Gasteiger partial charge is 0.394 e. The van der Waals surface area contributed by atoms with Crippen LogP contribution in [-0.4, -0.2) is 53.1 Å². The first-order chi connectivity index (χ1) is 6.20. The summed E-state index contributed by atoms with van der Waals surface area (Å²) in [7, 11) is 0. The summed E-state index contributed by atoms with van der Waals surface area (Å²) in [5.74, 6) is 0. The highest BCUT2D eigenvalue weighted by Gasteiger charge is 2.42. The summed E-state index contributed by atoms with van der Waals surface area (Å²) in [6, 6.07) is 0. The number of hydrogen-bond donors (Lipinski definition) is 3. The molecule has 1 aliphatic rings. The molecule has 0 amide bonds. The van der Waals surface area contributed by atoms with Crippen molar-refractivity contribution in [1.29, 1.82) is 0 Å². The molecule has 0 aromatic carbocycles. The zero-order valence-electron chi connectivity index (χ0n) is 7.59. The molecule has 0 spiro atoms. The Hall–Kier alpha value is -0.200. The number of aliphatic hydroxyl groups is 3. The van der Waals surface area contributed by atoms with E-state index in [1.165, 1.54) is 0 Å². The molecule has 0 aromatic heterocycles. The maximum absolute atomic E-state index is 9.37. The minimum Gasteiger partial charge on any atom is -0.394 e. The van der Waals surface area contributed by atoms with Crippen LogP contribution in [0.15, 0.2) is 0 Å². The molecule has 0 saturated carbocycles. The van der Waals surface area contributed by atoms with Gasteiger partial charge >= 0.3 is 0 Å². The first kappa shape index (κ1) is 10.9. The van der Waals surface area contributed by atoms with Crippen LogP contribution in [-0.2, 0) is 9.47 Å². The minimum absolute atomic E-state index is 0.315. The lowest BCUT2D eigenvalue weighted by Gasteiger charge is -2.14. The van der Waals surface area contributed by atoms with Crippen LogP contribution < -0.4 is 0 Å². The maximum Gasteiger partial charge on any atom is 0.186 e. The van der Waals surface area contributed by atoms with E-state index in [2.05, 4.69) is 0 Å². The van der Waals surface area contributed by atoms with Crippen LogP contribution in [0.2, 0.25) is 0 Å². The normalized spacial score (nSPS) is 39.7.